The molecule has 362 valence electrons. The third-order valence-corrected chi connectivity index (χ3v) is 12.4. The lowest BCUT2D eigenvalue weighted by Crippen LogP contribution is -2.48. The Morgan fingerprint density at radius 2 is 1.09 bits per heavy atom. The van der Waals surface area contributed by atoms with Crippen LogP contribution in [-0.4, -0.2) is 94.3 Å². The van der Waals surface area contributed by atoms with Crippen LogP contribution in [0, 0.1) is 45.4 Å². The number of carbonyl (C=O) groups excluding carboxylic acids is 1. The minimum Gasteiger partial charge on any atom is -0.497 e. The molecule has 2 saturated heterocycles. The van der Waals surface area contributed by atoms with Crippen molar-refractivity contribution >= 4 is 28.7 Å². The Kier molecular flexibility index (Phi) is 17.5. The number of hydrogen-bond donors (Lipinski definition) is 3. The zero-order valence-electron chi connectivity index (χ0n) is 42.1. The summed E-state index contributed by atoms with van der Waals surface area (Å²) in [4.78, 5) is 24.1. The quantitative estimate of drug-likeness (QED) is 0.0867. The Bertz CT molecular complexity index is 2180. The van der Waals surface area contributed by atoms with E-state index in [0.29, 0.717) is 71.3 Å². The van der Waals surface area contributed by atoms with Crippen LogP contribution in [0.3, 0.4) is 0 Å². The molecule has 4 heterocycles. The lowest BCUT2D eigenvalue weighted by Gasteiger charge is -2.41. The first-order valence-electron chi connectivity index (χ1n) is 23.0. The van der Waals surface area contributed by atoms with Gasteiger partial charge in [-0.3, -0.25) is 9.78 Å². The summed E-state index contributed by atoms with van der Waals surface area (Å²) in [5.74, 6) is 1.36. The third-order valence-electron chi connectivity index (χ3n) is 12.4. The molecule has 4 N–H and O–H groups in total. The maximum atomic E-state index is 12.3. The van der Waals surface area contributed by atoms with E-state index in [9.17, 15) is 4.79 Å². The van der Waals surface area contributed by atoms with E-state index in [1.165, 1.54) is 0 Å². The fourth-order valence-corrected chi connectivity index (χ4v) is 7.65. The van der Waals surface area contributed by atoms with Crippen molar-refractivity contribution in [3.8, 4) is 11.5 Å². The summed E-state index contributed by atoms with van der Waals surface area (Å²) in [6.45, 7) is 29.8. The van der Waals surface area contributed by atoms with Crippen LogP contribution < -0.4 is 30.7 Å². The third kappa shape index (κ3) is 14.0. The van der Waals surface area contributed by atoms with E-state index in [-0.39, 0.29) is 23.2 Å². The average Bonchev–Trinajstić information content (AvgIpc) is 3.29. The second-order valence-electron chi connectivity index (χ2n) is 19.4. The highest BCUT2D eigenvalue weighted by Crippen LogP contribution is 2.38. The highest BCUT2D eigenvalue weighted by atomic mass is 16.7. The van der Waals surface area contributed by atoms with Crippen LogP contribution in [-0.2, 0) is 48.0 Å². The van der Waals surface area contributed by atoms with E-state index in [2.05, 4.69) is 65.6 Å². The number of pyridine rings is 2. The zero-order chi connectivity index (χ0) is 48.5. The summed E-state index contributed by atoms with van der Waals surface area (Å²) >= 11 is 0. The molecule has 6 rings (SSSR count). The minimum absolute atomic E-state index is 0.0605. The number of aromatic nitrogens is 2. The Hall–Kier alpha value is -4.99. The van der Waals surface area contributed by atoms with Gasteiger partial charge in [-0.1, -0.05) is 38.1 Å². The molecule has 4 aromatic rings. The highest BCUT2D eigenvalue weighted by molar-refractivity contribution is 5.84. The zero-order valence-corrected chi connectivity index (χ0v) is 42.1. The van der Waals surface area contributed by atoms with E-state index in [1.807, 2.05) is 86.6 Å². The maximum Gasteiger partial charge on any atom is 0.162 e. The number of nitrogen functional groups attached to an aromatic ring is 1. The largest absolute Gasteiger partial charge is 0.497 e. The van der Waals surface area contributed by atoms with Crippen LogP contribution >= 0.6 is 0 Å². The summed E-state index contributed by atoms with van der Waals surface area (Å²) in [6.07, 6.45) is 0.318. The molecule has 0 atom stereocenters. The molecule has 0 radical (unpaired) electrons. The molecule has 0 unspecified atom stereocenters. The number of nitrogens with two attached hydrogens (primary N) is 1. The van der Waals surface area contributed by atoms with Gasteiger partial charge in [0.05, 0.1) is 52.0 Å². The first-order valence-corrected chi connectivity index (χ1v) is 23.0. The molecule has 0 saturated carbocycles. The molecule has 0 amide bonds. The number of ether oxygens (including phenoxy) is 7. The SMILES string of the molecule is CCOCC(=O)Cc1c(C)nc(C)c(C)c1NCC1(C)COC(C)(C)OC1.COc1ccc(CN(Cc2ccc(OC)cc2)c2nc(C)c(C)c(NCC3(C)COC(C)(C)OC3)c2N)cc1. The Morgan fingerprint density at radius 3 is 1.53 bits per heavy atom. The first kappa shape index (κ1) is 52.0. The van der Waals surface area contributed by atoms with Crippen molar-refractivity contribution in [1.29, 1.82) is 0 Å². The monoisotopic (exact) mass is 913 g/mol. The predicted molar refractivity (Wildman–Crippen MR) is 263 cm³/mol. The van der Waals surface area contributed by atoms with Gasteiger partial charge in [-0.25, -0.2) is 4.98 Å². The number of anilines is 4. The van der Waals surface area contributed by atoms with Crippen molar-refractivity contribution in [2.24, 2.45) is 10.8 Å². The van der Waals surface area contributed by atoms with Crippen LogP contribution in [0.1, 0.15) is 93.4 Å². The number of hydrogen-bond acceptors (Lipinski definition) is 14. The lowest BCUT2D eigenvalue weighted by molar-refractivity contribution is -0.280. The van der Waals surface area contributed by atoms with Gasteiger partial charge in [-0.15, -0.1) is 0 Å². The molecule has 14 nitrogen and oxygen atoms in total. The summed E-state index contributed by atoms with van der Waals surface area (Å²) in [6, 6.07) is 16.2. The molecule has 0 aliphatic carbocycles. The molecular weight excluding hydrogens is 837 g/mol. The average molecular weight is 913 g/mol. The molecule has 2 aliphatic heterocycles. The van der Waals surface area contributed by atoms with Crippen molar-refractivity contribution in [2.75, 3.05) is 88.2 Å². The molecule has 2 aromatic heterocycles. The lowest BCUT2D eigenvalue weighted by atomic mass is 9.90. The Morgan fingerprint density at radius 1 is 0.667 bits per heavy atom. The predicted octanol–water partition coefficient (Wildman–Crippen LogP) is 9.06. The molecule has 2 aliphatic rings. The summed E-state index contributed by atoms with van der Waals surface area (Å²) in [7, 11) is 3.35. The number of nitrogens with zero attached hydrogens (tertiary/aromatic N) is 3. The van der Waals surface area contributed by atoms with Crippen LogP contribution in [0.5, 0.6) is 11.5 Å². The van der Waals surface area contributed by atoms with Crippen molar-refractivity contribution in [1.82, 2.24) is 9.97 Å². The number of rotatable bonds is 18. The molecule has 14 heteroatoms. The maximum absolute atomic E-state index is 12.3. The van der Waals surface area contributed by atoms with Crippen LogP contribution in [0.4, 0.5) is 22.9 Å². The number of nitrogens with one attached hydrogen (secondary N) is 2. The second kappa shape index (κ2) is 22.2. The number of methoxy groups -OCH3 is 2. The number of carbonyl (C=O) groups is 1. The molecule has 0 bridgehead atoms. The van der Waals surface area contributed by atoms with Crippen LogP contribution in [0.25, 0.3) is 0 Å². The Balaban J connectivity index is 0.000000265. The van der Waals surface area contributed by atoms with E-state index < -0.39 is 11.6 Å². The topological polar surface area (TPSA) is 161 Å². The van der Waals surface area contributed by atoms with Crippen molar-refractivity contribution in [3.05, 3.63) is 93.4 Å². The van der Waals surface area contributed by atoms with E-state index in [1.54, 1.807) is 14.2 Å². The van der Waals surface area contributed by atoms with Crippen LogP contribution in [0.15, 0.2) is 48.5 Å². The van der Waals surface area contributed by atoms with Gasteiger partial charge >= 0.3 is 0 Å². The fourth-order valence-electron chi connectivity index (χ4n) is 7.65. The number of benzene rings is 2. The normalized spacial score (nSPS) is 16.9. The van der Waals surface area contributed by atoms with Crippen molar-refractivity contribution < 1.29 is 38.0 Å². The van der Waals surface area contributed by atoms with E-state index >= 15 is 0 Å². The van der Waals surface area contributed by atoms with Gasteiger partial charge < -0.3 is 54.4 Å². The van der Waals surface area contributed by atoms with Gasteiger partial charge in [0.25, 0.3) is 0 Å². The minimum atomic E-state index is -0.557. The van der Waals surface area contributed by atoms with Gasteiger partial charge in [0.1, 0.15) is 18.1 Å². The molecule has 66 heavy (non-hydrogen) atoms. The molecule has 2 aromatic carbocycles. The standard InChI is InChI=1S/C31H42N4O4.C21H34N2O4/c1-21-22(2)34-29(27(32)28(21)33-18-31(5)19-38-30(3,4)39-20-31)35(16-23-8-12-25(36-6)13-9-23)17-24-10-14-26(37-7)15-11-24;1-8-25-10-17(24)9-18-16(4)23-15(3)14(2)19(18)22-11-21(7)12-26-20(5,6)27-13-21/h8-15H,16-20,32H2,1-7H3,(H,33,34);8-13H2,1-7H3,(H,22,23). The van der Waals surface area contributed by atoms with Crippen LogP contribution in [0.2, 0.25) is 0 Å². The number of Topliss-reactive ketones (excluding diaryl/α,β-unsaturated/α-hetero) is 1. The number of ketones is 1. The summed E-state index contributed by atoms with van der Waals surface area (Å²) in [5, 5.41) is 7.20. The van der Waals surface area contributed by atoms with E-state index in [0.717, 1.165) is 73.6 Å². The summed E-state index contributed by atoms with van der Waals surface area (Å²) < 4.78 is 39.6. The first-order chi connectivity index (χ1) is 31.1. The van der Waals surface area contributed by atoms with E-state index in [4.69, 9.17) is 43.9 Å². The Labute approximate surface area is 393 Å². The van der Waals surface area contributed by atoms with Crippen molar-refractivity contribution in [3.63, 3.8) is 0 Å². The van der Waals surface area contributed by atoms with Gasteiger partial charge in [0.15, 0.2) is 23.2 Å². The van der Waals surface area contributed by atoms with Gasteiger partial charge in [0.2, 0.25) is 0 Å². The summed E-state index contributed by atoms with van der Waals surface area (Å²) in [5.41, 5.74) is 17.2. The van der Waals surface area contributed by atoms with Gasteiger partial charge in [-0.05, 0) is 116 Å². The smallest absolute Gasteiger partial charge is 0.162 e. The molecule has 2 fully saturated rings. The fraction of sp³-hybridized carbons (Fsp3) is 0.558. The van der Waals surface area contributed by atoms with Gasteiger partial charge in [0, 0.05) is 78.4 Å². The highest BCUT2D eigenvalue weighted by Gasteiger charge is 2.38. The van der Waals surface area contributed by atoms with Crippen molar-refractivity contribution in [2.45, 2.75) is 114 Å². The molecular formula is C52H76N6O8. The second-order valence-corrected chi connectivity index (χ2v) is 19.4. The van der Waals surface area contributed by atoms with Gasteiger partial charge in [-0.2, -0.15) is 0 Å². The number of aryl methyl sites for hydroxylation is 3. The molecule has 0 spiro atoms.